The Kier molecular flexibility index (Phi) is 6.51. The number of carbonyl (C=O) groups excluding carboxylic acids is 1. The van der Waals surface area contributed by atoms with Crippen LogP contribution in [0.4, 0.5) is 11.4 Å². The highest BCUT2D eigenvalue weighted by atomic mass is 16.5. The van der Waals surface area contributed by atoms with Crippen LogP contribution in [0.5, 0.6) is 11.5 Å². The van der Waals surface area contributed by atoms with E-state index >= 15 is 0 Å². The molecule has 0 aliphatic heterocycles. The molecular formula is C19H24N2O4. The number of nitrogens with one attached hydrogen (secondary N) is 1. The molecule has 0 fully saturated rings. The number of esters is 1. The van der Waals surface area contributed by atoms with Gasteiger partial charge in [-0.05, 0) is 49.2 Å². The summed E-state index contributed by atoms with van der Waals surface area (Å²) in [7, 11) is 3.22. The lowest BCUT2D eigenvalue weighted by molar-refractivity contribution is 0.0527. The highest BCUT2D eigenvalue weighted by Crippen LogP contribution is 2.28. The molecule has 134 valence electrons. The van der Waals surface area contributed by atoms with Crippen molar-refractivity contribution in [3.63, 3.8) is 0 Å². The average molecular weight is 344 g/mol. The molecular weight excluding hydrogens is 320 g/mol. The second kappa shape index (κ2) is 8.82. The van der Waals surface area contributed by atoms with Gasteiger partial charge in [0.25, 0.3) is 0 Å². The second-order valence-electron chi connectivity index (χ2n) is 5.39. The van der Waals surface area contributed by atoms with Gasteiger partial charge in [-0.2, -0.15) is 0 Å². The van der Waals surface area contributed by atoms with Gasteiger partial charge in [0.2, 0.25) is 0 Å². The number of nitrogen functional groups attached to an aromatic ring is 1. The Hall–Kier alpha value is -2.89. The third-order valence-electron chi connectivity index (χ3n) is 3.72. The standard InChI is InChI=1S/C19H24N2O4/c1-4-25-19(22)15-12-14(20)6-7-16(15)21-10-9-13-5-8-17(23-2)18(11-13)24-3/h5-8,11-12,21H,4,9-10,20H2,1-3H3. The monoisotopic (exact) mass is 344 g/mol. The van der Waals surface area contributed by atoms with Gasteiger partial charge < -0.3 is 25.3 Å². The molecule has 3 N–H and O–H groups in total. The van der Waals surface area contributed by atoms with Crippen LogP contribution >= 0.6 is 0 Å². The van der Waals surface area contributed by atoms with Crippen molar-refractivity contribution in [3.05, 3.63) is 47.5 Å². The van der Waals surface area contributed by atoms with Crippen LogP contribution in [0.15, 0.2) is 36.4 Å². The van der Waals surface area contributed by atoms with E-state index in [-0.39, 0.29) is 5.97 Å². The number of ether oxygens (including phenoxy) is 3. The molecule has 6 nitrogen and oxygen atoms in total. The Morgan fingerprint density at radius 3 is 2.52 bits per heavy atom. The second-order valence-corrected chi connectivity index (χ2v) is 5.39. The van der Waals surface area contributed by atoms with E-state index in [0.717, 1.165) is 12.0 Å². The highest BCUT2D eigenvalue weighted by molar-refractivity contribution is 5.96. The number of hydrogen-bond donors (Lipinski definition) is 2. The minimum atomic E-state index is -0.386. The first-order valence-electron chi connectivity index (χ1n) is 8.10. The lowest BCUT2D eigenvalue weighted by Gasteiger charge is -2.13. The van der Waals surface area contributed by atoms with Crippen molar-refractivity contribution < 1.29 is 19.0 Å². The van der Waals surface area contributed by atoms with Gasteiger partial charge in [0.1, 0.15) is 0 Å². The fourth-order valence-electron chi connectivity index (χ4n) is 2.47. The zero-order chi connectivity index (χ0) is 18.2. The number of nitrogens with two attached hydrogens (primary N) is 1. The molecule has 0 heterocycles. The van der Waals surface area contributed by atoms with Crippen LogP contribution in [0.1, 0.15) is 22.8 Å². The lowest BCUT2D eigenvalue weighted by atomic mass is 10.1. The lowest BCUT2D eigenvalue weighted by Crippen LogP contribution is -2.12. The van der Waals surface area contributed by atoms with Crippen molar-refractivity contribution in [2.75, 3.05) is 38.4 Å². The quantitative estimate of drug-likeness (QED) is 0.565. The van der Waals surface area contributed by atoms with Gasteiger partial charge >= 0.3 is 5.97 Å². The summed E-state index contributed by atoms with van der Waals surface area (Å²) in [6, 6.07) is 11.0. The highest BCUT2D eigenvalue weighted by Gasteiger charge is 2.13. The van der Waals surface area contributed by atoms with Crippen molar-refractivity contribution in [1.82, 2.24) is 0 Å². The molecule has 25 heavy (non-hydrogen) atoms. The molecule has 0 bridgehead atoms. The number of rotatable bonds is 8. The Morgan fingerprint density at radius 2 is 1.84 bits per heavy atom. The van der Waals surface area contributed by atoms with Gasteiger partial charge in [0.05, 0.1) is 26.4 Å². The maximum Gasteiger partial charge on any atom is 0.340 e. The van der Waals surface area contributed by atoms with Gasteiger partial charge in [-0.15, -0.1) is 0 Å². The van der Waals surface area contributed by atoms with E-state index in [1.807, 2.05) is 18.2 Å². The molecule has 0 saturated carbocycles. The third kappa shape index (κ3) is 4.79. The number of carbonyl (C=O) groups is 1. The molecule has 6 heteroatoms. The van der Waals surface area contributed by atoms with Crippen molar-refractivity contribution in [2.24, 2.45) is 0 Å². The first kappa shape index (κ1) is 18.4. The molecule has 0 amide bonds. The summed E-state index contributed by atoms with van der Waals surface area (Å²) in [5, 5.41) is 3.27. The van der Waals surface area contributed by atoms with Crippen molar-refractivity contribution in [1.29, 1.82) is 0 Å². The molecule has 0 aliphatic carbocycles. The third-order valence-corrected chi connectivity index (χ3v) is 3.72. The van der Waals surface area contributed by atoms with Crippen molar-refractivity contribution in [2.45, 2.75) is 13.3 Å². The van der Waals surface area contributed by atoms with Crippen LogP contribution in [0.25, 0.3) is 0 Å². The van der Waals surface area contributed by atoms with E-state index in [0.29, 0.717) is 41.6 Å². The molecule has 0 radical (unpaired) electrons. The van der Waals surface area contributed by atoms with Crippen molar-refractivity contribution in [3.8, 4) is 11.5 Å². The Balaban J connectivity index is 2.06. The van der Waals surface area contributed by atoms with E-state index in [9.17, 15) is 4.79 Å². The summed E-state index contributed by atoms with van der Waals surface area (Å²) < 4.78 is 15.6. The van der Waals surface area contributed by atoms with Crippen molar-refractivity contribution >= 4 is 17.3 Å². The summed E-state index contributed by atoms with van der Waals surface area (Å²) in [5.41, 5.74) is 8.54. The molecule has 0 aromatic heterocycles. The summed E-state index contributed by atoms with van der Waals surface area (Å²) in [6.45, 7) is 2.74. The maximum absolute atomic E-state index is 12.1. The molecule has 0 spiro atoms. The number of hydrogen-bond acceptors (Lipinski definition) is 6. The molecule has 0 unspecified atom stereocenters. The van der Waals surface area contributed by atoms with Gasteiger partial charge in [0.15, 0.2) is 11.5 Å². The molecule has 0 aliphatic rings. The molecule has 2 aromatic rings. The number of methoxy groups -OCH3 is 2. The fourth-order valence-corrected chi connectivity index (χ4v) is 2.47. The maximum atomic E-state index is 12.1. The predicted octanol–water partition coefficient (Wildman–Crippen LogP) is 3.12. The van der Waals surface area contributed by atoms with Crippen LogP contribution < -0.4 is 20.5 Å². The Morgan fingerprint density at radius 1 is 1.08 bits per heavy atom. The van der Waals surface area contributed by atoms with Crippen LogP contribution in [0, 0.1) is 0 Å². The Labute approximate surface area is 147 Å². The summed E-state index contributed by atoms with van der Waals surface area (Å²) in [4.78, 5) is 12.1. The van der Waals surface area contributed by atoms with E-state index in [1.54, 1.807) is 39.3 Å². The van der Waals surface area contributed by atoms with Gasteiger partial charge in [0, 0.05) is 17.9 Å². The molecule has 2 aromatic carbocycles. The predicted molar refractivity (Wildman–Crippen MR) is 98.6 cm³/mol. The van der Waals surface area contributed by atoms with Crippen LogP contribution in [0.2, 0.25) is 0 Å². The summed E-state index contributed by atoms with van der Waals surface area (Å²) in [5.74, 6) is 1.01. The summed E-state index contributed by atoms with van der Waals surface area (Å²) >= 11 is 0. The van der Waals surface area contributed by atoms with Crippen LogP contribution in [-0.2, 0) is 11.2 Å². The normalized spacial score (nSPS) is 10.2. The van der Waals surface area contributed by atoms with Gasteiger partial charge in [-0.1, -0.05) is 6.07 Å². The van der Waals surface area contributed by atoms with Crippen LogP contribution in [0.3, 0.4) is 0 Å². The van der Waals surface area contributed by atoms with E-state index in [2.05, 4.69) is 5.32 Å². The zero-order valence-electron chi connectivity index (χ0n) is 14.8. The molecule has 2 rings (SSSR count). The first-order valence-corrected chi connectivity index (χ1v) is 8.10. The van der Waals surface area contributed by atoms with E-state index in [4.69, 9.17) is 19.9 Å². The molecule has 0 atom stereocenters. The fraction of sp³-hybridized carbons (Fsp3) is 0.316. The average Bonchev–Trinajstić information content (AvgIpc) is 2.62. The minimum Gasteiger partial charge on any atom is -0.493 e. The number of benzene rings is 2. The SMILES string of the molecule is CCOC(=O)c1cc(N)ccc1NCCc1ccc(OC)c(OC)c1. The van der Waals surface area contributed by atoms with Gasteiger partial charge in [-0.3, -0.25) is 0 Å². The molecule has 0 saturated heterocycles. The van der Waals surface area contributed by atoms with Gasteiger partial charge in [-0.25, -0.2) is 4.79 Å². The minimum absolute atomic E-state index is 0.318. The van der Waals surface area contributed by atoms with E-state index < -0.39 is 0 Å². The number of anilines is 2. The largest absolute Gasteiger partial charge is 0.493 e. The smallest absolute Gasteiger partial charge is 0.340 e. The summed E-state index contributed by atoms with van der Waals surface area (Å²) in [6.07, 6.45) is 0.757. The topological polar surface area (TPSA) is 82.8 Å². The zero-order valence-corrected chi connectivity index (χ0v) is 14.8. The Bertz CT molecular complexity index is 731. The van der Waals surface area contributed by atoms with Crippen LogP contribution in [-0.4, -0.2) is 33.3 Å². The first-order chi connectivity index (χ1) is 12.1. The van der Waals surface area contributed by atoms with E-state index in [1.165, 1.54) is 0 Å².